The number of carbonyl (C=O) groups excluding carboxylic acids is 2. The molecule has 1 aliphatic heterocycles. The third-order valence-electron chi connectivity index (χ3n) is 7.60. The number of benzene rings is 2. The van der Waals surface area contributed by atoms with Crippen LogP contribution in [-0.4, -0.2) is 40.7 Å². The summed E-state index contributed by atoms with van der Waals surface area (Å²) in [6, 6.07) is 9.92. The van der Waals surface area contributed by atoms with Crippen molar-refractivity contribution in [3.8, 4) is 11.5 Å². The molecule has 0 saturated carbocycles. The number of halogens is 2. The van der Waals surface area contributed by atoms with E-state index < -0.39 is 11.9 Å². The second-order valence-electron chi connectivity index (χ2n) is 10.2. The molecule has 1 N–H and O–H groups in total. The number of hydrogen-bond donors (Lipinski definition) is 1. The van der Waals surface area contributed by atoms with Crippen LogP contribution in [0, 0.1) is 9.39 Å². The predicted molar refractivity (Wildman–Crippen MR) is 155 cm³/mol. The van der Waals surface area contributed by atoms with Crippen LogP contribution < -0.4 is 9.47 Å². The Kier molecular flexibility index (Phi) is 8.58. The van der Waals surface area contributed by atoms with Crippen molar-refractivity contribution in [2.24, 2.45) is 0 Å². The van der Waals surface area contributed by atoms with Crippen LogP contribution in [0.2, 0.25) is 0 Å². The molecule has 3 aliphatic rings. The van der Waals surface area contributed by atoms with Crippen molar-refractivity contribution in [1.29, 1.82) is 0 Å². The van der Waals surface area contributed by atoms with Gasteiger partial charge in [0.2, 0.25) is 0 Å². The van der Waals surface area contributed by atoms with Crippen LogP contribution in [0.15, 0.2) is 58.9 Å². The van der Waals surface area contributed by atoms with Gasteiger partial charge in [-0.1, -0.05) is 12.1 Å². The molecular formula is C31H31FINO6. The van der Waals surface area contributed by atoms with Gasteiger partial charge in [-0.3, -0.25) is 14.4 Å². The highest BCUT2D eigenvalue weighted by atomic mass is 127. The number of nitrogens with zero attached hydrogens (tertiary/aromatic N) is 1. The summed E-state index contributed by atoms with van der Waals surface area (Å²) in [6.07, 6.45) is 3.44. The Morgan fingerprint density at radius 1 is 1.00 bits per heavy atom. The van der Waals surface area contributed by atoms with Crippen LogP contribution >= 0.6 is 22.6 Å². The first-order valence-electron chi connectivity index (χ1n) is 13.6. The maximum atomic E-state index is 13.5. The van der Waals surface area contributed by atoms with Gasteiger partial charge in [0.25, 0.3) is 0 Å². The first kappa shape index (κ1) is 28.3. The molecule has 5 rings (SSSR count). The number of carboxylic acid groups (broad SMARTS) is 1. The molecule has 9 heteroatoms. The van der Waals surface area contributed by atoms with E-state index in [1.807, 2.05) is 24.0 Å². The molecule has 0 saturated heterocycles. The van der Waals surface area contributed by atoms with Gasteiger partial charge in [0, 0.05) is 47.8 Å². The van der Waals surface area contributed by atoms with Crippen molar-refractivity contribution in [1.82, 2.24) is 4.90 Å². The summed E-state index contributed by atoms with van der Waals surface area (Å²) in [5.74, 6) is -0.711. The molecule has 210 valence electrons. The van der Waals surface area contributed by atoms with E-state index in [9.17, 15) is 23.9 Å². The highest BCUT2D eigenvalue weighted by Gasteiger charge is 2.43. The maximum absolute atomic E-state index is 13.5. The van der Waals surface area contributed by atoms with E-state index in [1.165, 1.54) is 12.1 Å². The number of carboxylic acids is 1. The zero-order chi connectivity index (χ0) is 28.4. The van der Waals surface area contributed by atoms with Crippen molar-refractivity contribution in [2.75, 3.05) is 13.2 Å². The molecular weight excluding hydrogens is 628 g/mol. The van der Waals surface area contributed by atoms with E-state index in [2.05, 4.69) is 22.6 Å². The van der Waals surface area contributed by atoms with Gasteiger partial charge in [-0.05, 0) is 90.6 Å². The minimum atomic E-state index is -0.914. The Labute approximate surface area is 246 Å². The molecule has 0 fully saturated rings. The first-order valence-corrected chi connectivity index (χ1v) is 14.7. The molecule has 2 aliphatic carbocycles. The minimum Gasteiger partial charge on any atom is -0.490 e. The zero-order valence-corrected chi connectivity index (χ0v) is 24.5. The summed E-state index contributed by atoms with van der Waals surface area (Å²) in [7, 11) is 0. The standard InChI is InChI=1S/C31H31FINO6/c1-2-39-26-16-19(15-21(33)31(26)40-17-18-9-11-20(32)12-10-18)28-29-22(5-3-7-24(29)35)34(14-13-27(37)38)23-6-4-8-25(36)30(23)28/h9-12,15-16,28H,2-8,13-14,17H2,1H3,(H,37,38). The minimum absolute atomic E-state index is 0.00102. The molecule has 2 aromatic rings. The molecule has 0 bridgehead atoms. The van der Waals surface area contributed by atoms with Crippen LogP contribution in [-0.2, 0) is 21.0 Å². The number of ether oxygens (including phenoxy) is 2. The second-order valence-corrected chi connectivity index (χ2v) is 11.3. The van der Waals surface area contributed by atoms with E-state index >= 15 is 0 Å². The number of allylic oxidation sites excluding steroid dienone is 4. The van der Waals surface area contributed by atoms with E-state index in [-0.39, 0.29) is 37.0 Å². The molecule has 0 spiro atoms. The van der Waals surface area contributed by atoms with Gasteiger partial charge in [-0.2, -0.15) is 0 Å². The summed E-state index contributed by atoms with van der Waals surface area (Å²) < 4.78 is 26.3. The van der Waals surface area contributed by atoms with Gasteiger partial charge in [-0.25, -0.2) is 4.39 Å². The fraction of sp³-hybridized carbons (Fsp3) is 0.387. The van der Waals surface area contributed by atoms with Gasteiger partial charge in [0.1, 0.15) is 12.4 Å². The smallest absolute Gasteiger partial charge is 0.305 e. The molecule has 7 nitrogen and oxygen atoms in total. The fourth-order valence-corrected chi connectivity index (χ4v) is 6.70. The predicted octanol–water partition coefficient (Wildman–Crippen LogP) is 6.30. The Hall–Kier alpha value is -3.21. The van der Waals surface area contributed by atoms with Gasteiger partial charge in [-0.15, -0.1) is 0 Å². The number of hydrogen-bond acceptors (Lipinski definition) is 6. The lowest BCUT2D eigenvalue weighted by molar-refractivity contribution is -0.137. The van der Waals surface area contributed by atoms with Gasteiger partial charge in [0.05, 0.1) is 16.6 Å². The Morgan fingerprint density at radius 2 is 1.62 bits per heavy atom. The summed E-state index contributed by atoms with van der Waals surface area (Å²) in [5, 5.41) is 9.40. The van der Waals surface area contributed by atoms with E-state index in [4.69, 9.17) is 9.47 Å². The number of ketones is 2. The molecule has 0 amide bonds. The summed E-state index contributed by atoms with van der Waals surface area (Å²) in [6.45, 7) is 2.72. The Morgan fingerprint density at radius 3 is 2.20 bits per heavy atom. The maximum Gasteiger partial charge on any atom is 0.305 e. The van der Waals surface area contributed by atoms with Crippen LogP contribution in [0.3, 0.4) is 0 Å². The summed E-state index contributed by atoms with van der Waals surface area (Å²) in [4.78, 5) is 40.4. The monoisotopic (exact) mass is 659 g/mol. The first-order chi connectivity index (χ1) is 19.3. The normalized spacial score (nSPS) is 17.6. The van der Waals surface area contributed by atoms with Crippen molar-refractivity contribution in [3.05, 3.63) is 79.5 Å². The van der Waals surface area contributed by atoms with Crippen LogP contribution in [0.4, 0.5) is 4.39 Å². The third kappa shape index (κ3) is 5.66. The third-order valence-corrected chi connectivity index (χ3v) is 8.40. The average molecular weight is 659 g/mol. The van der Waals surface area contributed by atoms with Crippen molar-refractivity contribution >= 4 is 40.1 Å². The van der Waals surface area contributed by atoms with Crippen LogP contribution in [0.1, 0.15) is 68.9 Å². The van der Waals surface area contributed by atoms with Gasteiger partial charge >= 0.3 is 5.97 Å². The lowest BCUT2D eigenvalue weighted by atomic mass is 9.71. The Bertz CT molecular complexity index is 1370. The fourth-order valence-electron chi connectivity index (χ4n) is 5.92. The molecule has 40 heavy (non-hydrogen) atoms. The van der Waals surface area contributed by atoms with Crippen LogP contribution in [0.25, 0.3) is 0 Å². The Balaban J connectivity index is 1.60. The number of aliphatic carboxylic acids is 1. The van der Waals surface area contributed by atoms with Crippen LogP contribution in [0.5, 0.6) is 11.5 Å². The summed E-state index contributed by atoms with van der Waals surface area (Å²) in [5.41, 5.74) is 4.49. The van der Waals surface area contributed by atoms with Crippen molar-refractivity contribution < 1.29 is 33.4 Å². The van der Waals surface area contributed by atoms with E-state index in [0.29, 0.717) is 67.8 Å². The molecule has 0 unspecified atom stereocenters. The number of carbonyl (C=O) groups is 3. The number of Topliss-reactive ketones (excluding diaryl/α,β-unsaturated/α-hetero) is 2. The highest BCUT2D eigenvalue weighted by molar-refractivity contribution is 14.1. The lowest BCUT2D eigenvalue weighted by Gasteiger charge is -2.44. The molecule has 0 aromatic heterocycles. The quantitative estimate of drug-likeness (QED) is 0.316. The number of rotatable bonds is 9. The van der Waals surface area contributed by atoms with Crippen molar-refractivity contribution in [3.63, 3.8) is 0 Å². The largest absolute Gasteiger partial charge is 0.490 e. The van der Waals surface area contributed by atoms with Crippen molar-refractivity contribution in [2.45, 2.75) is 64.4 Å². The molecule has 0 atom stereocenters. The zero-order valence-electron chi connectivity index (χ0n) is 22.3. The molecule has 2 aromatic carbocycles. The molecule has 1 heterocycles. The topological polar surface area (TPSA) is 93.1 Å². The van der Waals surface area contributed by atoms with E-state index in [1.54, 1.807) is 12.1 Å². The summed E-state index contributed by atoms with van der Waals surface area (Å²) >= 11 is 2.18. The SMILES string of the molecule is CCOc1cc(C2C3=C(CCCC3=O)N(CCC(=O)O)C3=C2C(=O)CCC3)cc(I)c1OCc1ccc(F)cc1. The van der Waals surface area contributed by atoms with Gasteiger partial charge in [0.15, 0.2) is 23.1 Å². The lowest BCUT2D eigenvalue weighted by Crippen LogP contribution is -2.40. The van der Waals surface area contributed by atoms with E-state index in [0.717, 1.165) is 26.1 Å². The van der Waals surface area contributed by atoms with Gasteiger partial charge < -0.3 is 19.5 Å². The highest BCUT2D eigenvalue weighted by Crippen LogP contribution is 2.50. The molecule has 0 radical (unpaired) electrons. The second kappa shape index (κ2) is 12.1. The average Bonchev–Trinajstić information content (AvgIpc) is 2.92.